The molecule has 0 unspecified atom stereocenters. The largest absolute Gasteiger partial charge is 0.147 e. The maximum atomic E-state index is 2.15. The minimum absolute atomic E-state index is 0. The topological polar surface area (TPSA) is 0 Å². The maximum absolute atomic E-state index is 2.15. The van der Waals surface area contributed by atoms with Gasteiger partial charge in [-0.05, 0) is 0 Å². The van der Waals surface area contributed by atoms with Crippen molar-refractivity contribution in [1.82, 2.24) is 0 Å². The Morgan fingerprint density at radius 3 is 1.50 bits per heavy atom. The van der Waals surface area contributed by atoms with Crippen LogP contribution in [-0.2, 0) is 17.1 Å². The van der Waals surface area contributed by atoms with Gasteiger partial charge in [-0.25, -0.2) is 0 Å². The summed E-state index contributed by atoms with van der Waals surface area (Å²) in [5.74, 6) is 0. The second-order valence-corrected chi connectivity index (χ2v) is 9.75. The van der Waals surface area contributed by atoms with E-state index >= 15 is 0 Å². The van der Waals surface area contributed by atoms with Gasteiger partial charge < -0.3 is 0 Å². The molecule has 0 aromatic rings. The minimum Gasteiger partial charge on any atom is -0.147 e. The zero-order chi connectivity index (χ0) is 4.12. The second kappa shape index (κ2) is 9.88. The molecule has 0 heterocycles. The number of hydrogen-bond donors (Lipinski definition) is 0. The average molecular weight is 328 g/mol. The molecule has 6 heavy (non-hydrogen) atoms. The van der Waals surface area contributed by atoms with Crippen LogP contribution in [0, 0.1) is 0 Å². The van der Waals surface area contributed by atoms with Gasteiger partial charge in [-0.3, -0.25) is 0 Å². The van der Waals surface area contributed by atoms with Gasteiger partial charge in [0.05, 0.1) is 0 Å². The Bertz CT molecular complexity index is 19.0. The van der Waals surface area contributed by atoms with Crippen LogP contribution in [0.25, 0.3) is 0 Å². The van der Waals surface area contributed by atoms with Crippen LogP contribution in [0.15, 0.2) is 0 Å². The van der Waals surface area contributed by atoms with Crippen LogP contribution in [-0.4, -0.2) is 12.5 Å². The molecule has 0 radical (unpaired) electrons. The Hall–Kier alpha value is 1.73. The molecule has 0 fully saturated rings. The van der Waals surface area contributed by atoms with Crippen LogP contribution in [0.5, 0.6) is 0 Å². The first-order valence-electron chi connectivity index (χ1n) is 1.06. The van der Waals surface area contributed by atoms with Gasteiger partial charge in [0.15, 0.2) is 0 Å². The summed E-state index contributed by atoms with van der Waals surface area (Å²) in [4.78, 5) is 0. The van der Waals surface area contributed by atoms with Crippen molar-refractivity contribution in [2.75, 3.05) is 12.5 Å². The summed E-state index contributed by atoms with van der Waals surface area (Å²) in [5.41, 5.74) is 0. The van der Waals surface area contributed by atoms with Crippen molar-refractivity contribution in [1.29, 1.82) is 0 Å². The van der Waals surface area contributed by atoms with E-state index in [9.17, 15) is 0 Å². The van der Waals surface area contributed by atoms with Gasteiger partial charge in [-0.1, -0.05) is 0 Å². The summed E-state index contributed by atoms with van der Waals surface area (Å²) in [6, 6.07) is 0. The molecule has 0 aliphatic rings. The van der Waals surface area contributed by atoms with Crippen molar-refractivity contribution in [2.24, 2.45) is 0 Å². The minimum atomic E-state index is 0. The third-order valence-corrected chi connectivity index (χ3v) is 7.40. The summed E-state index contributed by atoms with van der Waals surface area (Å²) in [5, 5.41) is 0. The molecule has 0 aromatic carbocycles. The fraction of sp³-hybridized carbons (Fsp3) is 1.00. The van der Waals surface area contributed by atoms with E-state index in [0.717, 1.165) is 0 Å². The van der Waals surface area contributed by atoms with E-state index in [1.54, 1.807) is 0 Å². The summed E-state index contributed by atoms with van der Waals surface area (Å²) in [6.07, 6.45) is 4.30. The molecule has 0 saturated carbocycles. The van der Waals surface area contributed by atoms with Gasteiger partial charge in [0.1, 0.15) is 0 Å². The van der Waals surface area contributed by atoms with Gasteiger partial charge in [0, 0.05) is 0 Å². The smallest absolute Gasteiger partial charge is 0.147 e. The first-order chi connectivity index (χ1) is 2.41. The first-order valence-corrected chi connectivity index (χ1v) is 8.49. The molecular weight excluding hydrogens is 321 g/mol. The van der Waals surface area contributed by atoms with Crippen molar-refractivity contribution >= 4 is 30.9 Å². The third kappa shape index (κ3) is 9.21. The van der Waals surface area contributed by atoms with E-state index in [1.165, 1.54) is 0 Å². The Labute approximate surface area is 60.1 Å². The normalized spacial score (nSPS) is 7.67. The molecule has 0 rings (SSSR count). The van der Waals surface area contributed by atoms with Gasteiger partial charge >= 0.3 is 48.1 Å². The zero-order valence-electron chi connectivity index (χ0n) is 3.53. The van der Waals surface area contributed by atoms with Crippen molar-refractivity contribution in [3.05, 3.63) is 0 Å². The fourth-order valence-corrected chi connectivity index (χ4v) is 3.70. The molecule has 0 amide bonds. The van der Waals surface area contributed by atoms with Crippen LogP contribution in [0.1, 0.15) is 0 Å². The monoisotopic (exact) mass is 327 g/mol. The molecule has 0 aromatic heterocycles. The third-order valence-electron chi connectivity index (χ3n) is 0.101. The van der Waals surface area contributed by atoms with Crippen molar-refractivity contribution < 1.29 is 17.1 Å². The van der Waals surface area contributed by atoms with Crippen molar-refractivity contribution in [2.45, 2.75) is 0 Å². The van der Waals surface area contributed by atoms with Crippen molar-refractivity contribution in [3.63, 3.8) is 0 Å². The molecule has 0 N–H and O–H groups in total. The van der Waals surface area contributed by atoms with Gasteiger partial charge in [0.2, 0.25) is 0 Å². The summed E-state index contributed by atoms with van der Waals surface area (Å²) in [6.45, 7) is 0. The van der Waals surface area contributed by atoms with Crippen LogP contribution in [0.2, 0.25) is 0 Å². The number of rotatable bonds is 2. The van der Waals surface area contributed by atoms with E-state index in [4.69, 9.17) is 0 Å². The molecule has 0 saturated heterocycles. The van der Waals surface area contributed by atoms with E-state index < -0.39 is 0 Å². The Morgan fingerprint density at radius 1 is 1.17 bits per heavy atom. The molecule has 0 spiro atoms. The molecule has 0 aliphatic carbocycles. The summed E-state index contributed by atoms with van der Waals surface area (Å²) >= 11 is 0.552. The van der Waals surface area contributed by atoms with Crippen LogP contribution < -0.4 is 0 Å². The van der Waals surface area contributed by atoms with E-state index in [2.05, 4.69) is 12.5 Å². The van der Waals surface area contributed by atoms with Crippen LogP contribution >= 0.6 is 30.9 Å². The maximum Gasteiger partial charge on any atom is -0.147 e. The summed E-state index contributed by atoms with van der Waals surface area (Å²) < 4.78 is 0. The van der Waals surface area contributed by atoms with E-state index in [0.29, 0.717) is 17.1 Å². The number of halogens is 1. The molecule has 45 valence electrons. The van der Waals surface area contributed by atoms with Crippen LogP contribution in [0.3, 0.4) is 0 Å². The second-order valence-electron chi connectivity index (χ2n) is 0.296. The SMILES string of the molecule is C[S][Au][S]C.Cl. The molecular formula is C2H7AuClS2. The predicted octanol–water partition coefficient (Wildman–Crippen LogP) is 2.05. The number of hydrogen-bond acceptors (Lipinski definition) is 2. The van der Waals surface area contributed by atoms with Crippen LogP contribution in [0.4, 0.5) is 0 Å². The molecule has 0 nitrogen and oxygen atoms in total. The molecule has 4 heteroatoms. The Kier molecular flexibility index (Phi) is 17.6. The zero-order valence-corrected chi connectivity index (χ0v) is 8.14. The van der Waals surface area contributed by atoms with Gasteiger partial charge in [-0.2, -0.15) is 0 Å². The quantitative estimate of drug-likeness (QED) is 0.712. The van der Waals surface area contributed by atoms with E-state index in [1.807, 2.05) is 18.5 Å². The Balaban J connectivity index is 0. The molecule has 0 bridgehead atoms. The summed E-state index contributed by atoms with van der Waals surface area (Å²) in [7, 11) is 3.92. The predicted molar refractivity (Wildman–Crippen MR) is 34.3 cm³/mol. The van der Waals surface area contributed by atoms with Gasteiger partial charge in [-0.15, -0.1) is 12.4 Å². The van der Waals surface area contributed by atoms with Crippen molar-refractivity contribution in [3.8, 4) is 0 Å². The molecule has 0 atom stereocenters. The van der Waals surface area contributed by atoms with E-state index in [-0.39, 0.29) is 12.4 Å². The standard InChI is InChI=1S/2CH4S.Au.ClH/c2*1-2;;/h2*2H,1H3;;1H/q;;+2;/p-2. The van der Waals surface area contributed by atoms with Gasteiger partial charge in [0.25, 0.3) is 0 Å². The average Bonchev–Trinajstić information content (AvgIpc) is 1.41. The molecule has 0 aliphatic heterocycles. The fourth-order valence-electron chi connectivity index (χ4n) is 0.0503. The first kappa shape index (κ1) is 10.7. The Morgan fingerprint density at radius 2 is 1.50 bits per heavy atom.